The van der Waals surface area contributed by atoms with Gasteiger partial charge in [0.1, 0.15) is 30.0 Å². The van der Waals surface area contributed by atoms with Gasteiger partial charge >= 0.3 is 12.1 Å². The molecule has 2 amide bonds. The minimum atomic E-state index is -1.43. The lowest BCUT2D eigenvalue weighted by Gasteiger charge is -2.26. The van der Waals surface area contributed by atoms with Gasteiger partial charge in [-0.2, -0.15) is 0 Å². The number of esters is 1. The molecule has 0 bridgehead atoms. The second-order valence-electron chi connectivity index (χ2n) is 8.55. The van der Waals surface area contributed by atoms with Crippen molar-refractivity contribution < 1.29 is 43.7 Å². The molecule has 15 nitrogen and oxygen atoms in total. The van der Waals surface area contributed by atoms with Crippen LogP contribution in [0.2, 0.25) is 0 Å². The molecule has 0 aromatic rings. The lowest BCUT2D eigenvalue weighted by molar-refractivity contribution is -0.789. The minimum Gasteiger partial charge on any atom is -0.458 e. The van der Waals surface area contributed by atoms with Crippen LogP contribution in [0.4, 0.5) is 4.79 Å². The second-order valence-corrected chi connectivity index (χ2v) is 8.55. The number of amides is 2. The number of rotatable bonds is 12. The van der Waals surface area contributed by atoms with Crippen molar-refractivity contribution in [2.24, 2.45) is 0 Å². The predicted molar refractivity (Wildman–Crippen MR) is 106 cm³/mol. The Bertz CT molecular complexity index is 685. The summed E-state index contributed by atoms with van der Waals surface area (Å²) >= 11 is 0. The van der Waals surface area contributed by atoms with Gasteiger partial charge in [-0.25, -0.2) is 9.59 Å². The fourth-order valence-electron chi connectivity index (χ4n) is 2.06. The Morgan fingerprint density at radius 1 is 0.938 bits per heavy atom. The molecule has 0 radical (unpaired) electrons. The fraction of sp³-hybridized carbons (Fsp3) is 0.824. The summed E-state index contributed by atoms with van der Waals surface area (Å²) in [4.78, 5) is 65.4. The van der Waals surface area contributed by atoms with Crippen LogP contribution in [-0.2, 0) is 28.7 Å². The molecule has 0 heterocycles. The molecule has 0 aromatic heterocycles. The average Bonchev–Trinajstić information content (AvgIpc) is 2.57. The van der Waals surface area contributed by atoms with E-state index in [1.54, 1.807) is 41.5 Å². The lowest BCUT2D eigenvalue weighted by atomic mass is 10.1. The smallest absolute Gasteiger partial charge is 0.408 e. The number of alkyl carbamates (subject to hydrolysis) is 1. The molecule has 2 atom stereocenters. The monoisotopic (exact) mass is 466 g/mol. The topological polar surface area (TPSA) is 198 Å². The molecular weight excluding hydrogens is 436 g/mol. The van der Waals surface area contributed by atoms with Gasteiger partial charge in [-0.3, -0.25) is 4.79 Å². The zero-order chi connectivity index (χ0) is 25.1. The number of ether oxygens (including phenoxy) is 2. The minimum absolute atomic E-state index is 0.174. The molecule has 184 valence electrons. The molecule has 0 aromatic carbocycles. The summed E-state index contributed by atoms with van der Waals surface area (Å²) in [7, 11) is 0. The standard InChI is InChI=1S/C17H30N4O11/c1-16(2,3)30-14(23)12(19-15(24)31-17(4,5)6)7-8-13(22)18-9-11(32-21(27)28)10-29-20(25)26/h11-12H,7-10H2,1-6H3,(H,18,22)(H,19,24)/t11-,12-/m0/s1. The van der Waals surface area contributed by atoms with E-state index in [1.165, 1.54) is 0 Å². The number of hydrogen-bond donors (Lipinski definition) is 2. The van der Waals surface area contributed by atoms with Gasteiger partial charge in [-0.05, 0) is 48.0 Å². The van der Waals surface area contributed by atoms with Gasteiger partial charge in [-0.15, -0.1) is 20.2 Å². The predicted octanol–water partition coefficient (Wildman–Crippen LogP) is 0.903. The first-order valence-corrected chi connectivity index (χ1v) is 9.56. The van der Waals surface area contributed by atoms with Crippen molar-refractivity contribution in [2.75, 3.05) is 13.2 Å². The van der Waals surface area contributed by atoms with E-state index >= 15 is 0 Å². The Morgan fingerprint density at radius 2 is 1.50 bits per heavy atom. The van der Waals surface area contributed by atoms with E-state index in [1.807, 2.05) is 0 Å². The molecular formula is C17H30N4O11. The van der Waals surface area contributed by atoms with Crippen LogP contribution in [0, 0.1) is 20.2 Å². The summed E-state index contributed by atoms with van der Waals surface area (Å²) in [5, 5.41) is 23.0. The van der Waals surface area contributed by atoms with Gasteiger partial charge in [0.15, 0.2) is 0 Å². The molecule has 0 aliphatic heterocycles. The molecule has 0 spiro atoms. The number of carbonyl (C=O) groups is 3. The maximum atomic E-state index is 12.4. The van der Waals surface area contributed by atoms with Crippen molar-refractivity contribution >= 4 is 18.0 Å². The summed E-state index contributed by atoms with van der Waals surface area (Å²) in [6.07, 6.45) is -2.78. The van der Waals surface area contributed by atoms with Crippen LogP contribution in [0.3, 0.4) is 0 Å². The third kappa shape index (κ3) is 15.4. The SMILES string of the molecule is CC(C)(C)OC(=O)N[C@@H](CCC(=O)NC[C@@H](CO[N+](=O)[O-])O[N+](=O)[O-])C(=O)OC(C)(C)C. The van der Waals surface area contributed by atoms with Crippen molar-refractivity contribution in [1.29, 1.82) is 0 Å². The van der Waals surface area contributed by atoms with Crippen LogP contribution >= 0.6 is 0 Å². The summed E-state index contributed by atoms with van der Waals surface area (Å²) in [5.74, 6) is -1.45. The maximum absolute atomic E-state index is 12.4. The van der Waals surface area contributed by atoms with Crippen molar-refractivity contribution in [3.63, 3.8) is 0 Å². The molecule has 0 aliphatic carbocycles. The van der Waals surface area contributed by atoms with Crippen molar-refractivity contribution in [2.45, 2.75) is 77.7 Å². The van der Waals surface area contributed by atoms with Crippen LogP contribution in [0.25, 0.3) is 0 Å². The van der Waals surface area contributed by atoms with E-state index in [0.717, 1.165) is 0 Å². The van der Waals surface area contributed by atoms with E-state index < -0.39 is 64.6 Å². The Kier molecular flexibility index (Phi) is 11.1. The van der Waals surface area contributed by atoms with Gasteiger partial charge in [0.05, 0.1) is 0 Å². The average molecular weight is 466 g/mol. The molecule has 0 unspecified atom stereocenters. The van der Waals surface area contributed by atoms with Crippen LogP contribution < -0.4 is 10.6 Å². The van der Waals surface area contributed by atoms with Gasteiger partial charge in [0.25, 0.3) is 10.2 Å². The Hall–Kier alpha value is -3.39. The quantitative estimate of drug-likeness (QED) is 0.235. The molecule has 32 heavy (non-hydrogen) atoms. The maximum Gasteiger partial charge on any atom is 0.408 e. The highest BCUT2D eigenvalue weighted by Crippen LogP contribution is 2.12. The molecule has 15 heteroatoms. The van der Waals surface area contributed by atoms with Crippen molar-refractivity contribution in [1.82, 2.24) is 10.6 Å². The number of hydrogen-bond acceptors (Lipinski definition) is 11. The molecule has 0 saturated heterocycles. The Labute approximate surface area is 184 Å². The third-order valence-electron chi connectivity index (χ3n) is 3.17. The number of nitrogens with one attached hydrogen (secondary N) is 2. The first kappa shape index (κ1) is 28.6. The summed E-state index contributed by atoms with van der Waals surface area (Å²) in [6.45, 7) is 8.54. The van der Waals surface area contributed by atoms with E-state index in [2.05, 4.69) is 20.3 Å². The molecule has 2 N–H and O–H groups in total. The molecule has 0 aliphatic rings. The normalized spacial score (nSPS) is 13.2. The zero-order valence-corrected chi connectivity index (χ0v) is 18.9. The Morgan fingerprint density at radius 3 is 1.97 bits per heavy atom. The second kappa shape index (κ2) is 12.5. The van der Waals surface area contributed by atoms with Gasteiger partial charge < -0.3 is 29.8 Å². The first-order chi connectivity index (χ1) is 14.5. The van der Waals surface area contributed by atoms with E-state index in [4.69, 9.17) is 9.47 Å². The molecule has 0 saturated carbocycles. The van der Waals surface area contributed by atoms with Crippen LogP contribution in [0.1, 0.15) is 54.4 Å². The number of carbonyl (C=O) groups excluding carboxylic acids is 3. The lowest BCUT2D eigenvalue weighted by Crippen LogP contribution is -2.46. The summed E-state index contributed by atoms with van der Waals surface area (Å²) in [6, 6.07) is -1.21. The summed E-state index contributed by atoms with van der Waals surface area (Å²) in [5.41, 5.74) is -1.67. The molecule has 0 rings (SSSR count). The van der Waals surface area contributed by atoms with Crippen LogP contribution in [0.5, 0.6) is 0 Å². The van der Waals surface area contributed by atoms with Crippen molar-refractivity contribution in [3.8, 4) is 0 Å². The van der Waals surface area contributed by atoms with E-state index in [-0.39, 0.29) is 12.8 Å². The van der Waals surface area contributed by atoms with E-state index in [9.17, 15) is 34.6 Å². The number of nitrogens with zero attached hydrogens (tertiary/aromatic N) is 2. The third-order valence-corrected chi connectivity index (χ3v) is 3.17. The molecule has 0 fully saturated rings. The van der Waals surface area contributed by atoms with Crippen molar-refractivity contribution in [3.05, 3.63) is 20.2 Å². The van der Waals surface area contributed by atoms with Gasteiger partial charge in [0.2, 0.25) is 5.91 Å². The van der Waals surface area contributed by atoms with Gasteiger partial charge in [-0.1, -0.05) is 0 Å². The zero-order valence-electron chi connectivity index (χ0n) is 18.9. The van der Waals surface area contributed by atoms with Crippen LogP contribution in [0.15, 0.2) is 0 Å². The van der Waals surface area contributed by atoms with Crippen LogP contribution in [-0.4, -0.2) is 64.6 Å². The highest BCUT2D eigenvalue weighted by atomic mass is 17.0. The highest BCUT2D eigenvalue weighted by Gasteiger charge is 2.29. The van der Waals surface area contributed by atoms with Gasteiger partial charge in [0, 0.05) is 13.0 Å². The first-order valence-electron chi connectivity index (χ1n) is 9.56. The Balaban J connectivity index is 4.94. The highest BCUT2D eigenvalue weighted by molar-refractivity contribution is 5.83. The summed E-state index contributed by atoms with van der Waals surface area (Å²) < 4.78 is 10.4. The fourth-order valence-corrected chi connectivity index (χ4v) is 2.06. The largest absolute Gasteiger partial charge is 0.458 e. The van der Waals surface area contributed by atoms with E-state index in [0.29, 0.717) is 0 Å².